The number of carbonyl (C=O) groups is 1. The van der Waals surface area contributed by atoms with Crippen molar-refractivity contribution in [3.8, 4) is 0 Å². The lowest BCUT2D eigenvalue weighted by molar-refractivity contribution is 0.0941. The molecule has 0 aliphatic heterocycles. The molecule has 0 saturated heterocycles. The molecule has 4 heteroatoms. The molecule has 1 aromatic heterocycles. The summed E-state index contributed by atoms with van der Waals surface area (Å²) in [6.45, 7) is 3.08. The fourth-order valence-electron chi connectivity index (χ4n) is 3.26. The number of benzene rings is 1. The molecule has 3 rings (SSSR count). The number of fused-ring (bicyclic) bond motifs is 1. The van der Waals surface area contributed by atoms with Gasteiger partial charge in [-0.1, -0.05) is 32.3 Å². The third-order valence-electron chi connectivity index (χ3n) is 4.80. The summed E-state index contributed by atoms with van der Waals surface area (Å²) in [5, 5.41) is 11.0. The number of hydrogen-bond acceptors (Lipinski definition) is 2. The minimum absolute atomic E-state index is 0.0177. The van der Waals surface area contributed by atoms with Crippen molar-refractivity contribution >= 4 is 16.8 Å². The zero-order chi connectivity index (χ0) is 14.7. The van der Waals surface area contributed by atoms with Crippen LogP contribution in [0.25, 0.3) is 10.9 Å². The standard InChI is InChI=1S/C17H23N3O/c1-2-12-3-5-13(6-4-12)10-18-17(21)14-7-8-15-11-19-20-16(15)9-14/h7-9,11-13H,2-6,10H2,1H3,(H,18,21)(H,19,20). The molecule has 1 saturated carbocycles. The van der Waals surface area contributed by atoms with Gasteiger partial charge in [0.15, 0.2) is 0 Å². The second-order valence-corrected chi connectivity index (χ2v) is 6.18. The van der Waals surface area contributed by atoms with E-state index in [1.807, 2.05) is 18.2 Å². The number of amides is 1. The van der Waals surface area contributed by atoms with Gasteiger partial charge in [-0.25, -0.2) is 0 Å². The monoisotopic (exact) mass is 285 g/mol. The average Bonchev–Trinajstić information content (AvgIpc) is 3.00. The number of H-pyrrole nitrogens is 1. The minimum atomic E-state index is 0.0177. The Balaban J connectivity index is 1.54. The van der Waals surface area contributed by atoms with Crippen molar-refractivity contribution in [1.82, 2.24) is 15.5 Å². The van der Waals surface area contributed by atoms with Crippen LogP contribution in [-0.4, -0.2) is 22.6 Å². The van der Waals surface area contributed by atoms with E-state index in [-0.39, 0.29) is 5.91 Å². The molecule has 21 heavy (non-hydrogen) atoms. The van der Waals surface area contributed by atoms with Gasteiger partial charge in [0.05, 0.1) is 11.7 Å². The molecule has 1 fully saturated rings. The SMILES string of the molecule is CCC1CCC(CNC(=O)c2ccc3cn[nH]c3c2)CC1. The molecule has 0 unspecified atom stereocenters. The molecule has 112 valence electrons. The lowest BCUT2D eigenvalue weighted by atomic mass is 9.81. The molecular weight excluding hydrogens is 262 g/mol. The lowest BCUT2D eigenvalue weighted by Crippen LogP contribution is -2.31. The number of aromatic nitrogens is 2. The Bertz CT molecular complexity index is 611. The Labute approximate surface area is 125 Å². The molecule has 4 nitrogen and oxygen atoms in total. The van der Waals surface area contributed by atoms with Gasteiger partial charge in [-0.3, -0.25) is 9.89 Å². The predicted octanol–water partition coefficient (Wildman–Crippen LogP) is 3.51. The van der Waals surface area contributed by atoms with Crippen LogP contribution in [-0.2, 0) is 0 Å². The number of aromatic amines is 1. The van der Waals surface area contributed by atoms with Gasteiger partial charge in [0.2, 0.25) is 0 Å². The summed E-state index contributed by atoms with van der Waals surface area (Å²) in [6, 6.07) is 5.66. The quantitative estimate of drug-likeness (QED) is 0.903. The van der Waals surface area contributed by atoms with Crippen molar-refractivity contribution < 1.29 is 4.79 Å². The fourth-order valence-corrected chi connectivity index (χ4v) is 3.26. The number of nitrogens with zero attached hydrogens (tertiary/aromatic N) is 1. The van der Waals surface area contributed by atoms with Gasteiger partial charge in [-0.15, -0.1) is 0 Å². The van der Waals surface area contributed by atoms with Crippen molar-refractivity contribution in [2.45, 2.75) is 39.0 Å². The summed E-state index contributed by atoms with van der Waals surface area (Å²) in [6.07, 6.45) is 8.19. The van der Waals surface area contributed by atoms with Crippen LogP contribution >= 0.6 is 0 Å². The van der Waals surface area contributed by atoms with Gasteiger partial charge in [-0.05, 0) is 36.8 Å². The first kappa shape index (κ1) is 14.1. The second kappa shape index (κ2) is 6.29. The molecule has 0 radical (unpaired) electrons. The van der Waals surface area contributed by atoms with E-state index in [4.69, 9.17) is 0 Å². The van der Waals surface area contributed by atoms with E-state index >= 15 is 0 Å². The maximum atomic E-state index is 12.2. The van der Waals surface area contributed by atoms with Crippen LogP contribution < -0.4 is 5.32 Å². The Hall–Kier alpha value is -1.84. The van der Waals surface area contributed by atoms with Crippen LogP contribution in [0.4, 0.5) is 0 Å². The number of carbonyl (C=O) groups excluding carboxylic acids is 1. The Morgan fingerprint density at radius 2 is 2.05 bits per heavy atom. The van der Waals surface area contributed by atoms with Crippen LogP contribution in [0.15, 0.2) is 24.4 Å². The smallest absolute Gasteiger partial charge is 0.251 e. The van der Waals surface area contributed by atoms with E-state index in [9.17, 15) is 4.79 Å². The van der Waals surface area contributed by atoms with Crippen LogP contribution in [0.3, 0.4) is 0 Å². The largest absolute Gasteiger partial charge is 0.352 e. The van der Waals surface area contributed by atoms with Crippen molar-refractivity contribution in [3.05, 3.63) is 30.0 Å². The van der Waals surface area contributed by atoms with Crippen LogP contribution in [0.1, 0.15) is 49.4 Å². The highest BCUT2D eigenvalue weighted by molar-refractivity contribution is 5.97. The number of nitrogens with one attached hydrogen (secondary N) is 2. The van der Waals surface area contributed by atoms with E-state index in [0.29, 0.717) is 11.5 Å². The van der Waals surface area contributed by atoms with Gasteiger partial charge in [-0.2, -0.15) is 5.10 Å². The predicted molar refractivity (Wildman–Crippen MR) is 84.2 cm³/mol. The molecule has 2 aromatic rings. The zero-order valence-electron chi connectivity index (χ0n) is 12.6. The summed E-state index contributed by atoms with van der Waals surface area (Å²) in [7, 11) is 0. The van der Waals surface area contributed by atoms with E-state index < -0.39 is 0 Å². The molecule has 1 aliphatic rings. The molecule has 1 amide bonds. The highest BCUT2D eigenvalue weighted by atomic mass is 16.1. The van der Waals surface area contributed by atoms with Crippen molar-refractivity contribution in [3.63, 3.8) is 0 Å². The Kier molecular flexibility index (Phi) is 4.23. The third kappa shape index (κ3) is 3.26. The number of rotatable bonds is 4. The molecular formula is C17H23N3O. The van der Waals surface area contributed by atoms with Gasteiger partial charge in [0, 0.05) is 17.5 Å². The zero-order valence-corrected chi connectivity index (χ0v) is 12.6. The topological polar surface area (TPSA) is 57.8 Å². The Morgan fingerprint density at radius 3 is 2.81 bits per heavy atom. The molecule has 0 spiro atoms. The maximum absolute atomic E-state index is 12.2. The van der Waals surface area contributed by atoms with Gasteiger partial charge in [0.25, 0.3) is 5.91 Å². The fraction of sp³-hybridized carbons (Fsp3) is 0.529. The maximum Gasteiger partial charge on any atom is 0.251 e. The van der Waals surface area contributed by atoms with Crippen molar-refractivity contribution in [1.29, 1.82) is 0 Å². The van der Waals surface area contributed by atoms with Gasteiger partial charge < -0.3 is 5.32 Å². The highest BCUT2D eigenvalue weighted by Gasteiger charge is 2.20. The van der Waals surface area contributed by atoms with Crippen LogP contribution in [0.2, 0.25) is 0 Å². The third-order valence-corrected chi connectivity index (χ3v) is 4.80. The molecule has 0 atom stereocenters. The molecule has 1 aliphatic carbocycles. The molecule has 1 aromatic carbocycles. The normalized spacial score (nSPS) is 22.3. The van der Waals surface area contributed by atoms with Crippen LogP contribution in [0, 0.1) is 11.8 Å². The van der Waals surface area contributed by atoms with E-state index in [1.54, 1.807) is 6.20 Å². The first-order chi connectivity index (χ1) is 10.3. The second-order valence-electron chi connectivity index (χ2n) is 6.18. The molecule has 2 N–H and O–H groups in total. The molecule has 0 bridgehead atoms. The first-order valence-corrected chi connectivity index (χ1v) is 7.97. The van der Waals surface area contributed by atoms with E-state index in [0.717, 1.165) is 23.4 Å². The number of hydrogen-bond donors (Lipinski definition) is 2. The summed E-state index contributed by atoms with van der Waals surface area (Å²) in [4.78, 5) is 12.2. The van der Waals surface area contributed by atoms with Crippen LogP contribution in [0.5, 0.6) is 0 Å². The summed E-state index contributed by atoms with van der Waals surface area (Å²) in [5.41, 5.74) is 1.61. The minimum Gasteiger partial charge on any atom is -0.352 e. The highest BCUT2D eigenvalue weighted by Crippen LogP contribution is 2.30. The van der Waals surface area contributed by atoms with E-state index in [1.165, 1.54) is 32.1 Å². The average molecular weight is 285 g/mol. The summed E-state index contributed by atoms with van der Waals surface area (Å²) < 4.78 is 0. The van der Waals surface area contributed by atoms with Gasteiger partial charge in [0.1, 0.15) is 0 Å². The lowest BCUT2D eigenvalue weighted by Gasteiger charge is -2.27. The Morgan fingerprint density at radius 1 is 1.29 bits per heavy atom. The van der Waals surface area contributed by atoms with Crippen molar-refractivity contribution in [2.75, 3.05) is 6.54 Å². The molecule has 1 heterocycles. The summed E-state index contributed by atoms with van der Waals surface area (Å²) in [5.74, 6) is 1.57. The van der Waals surface area contributed by atoms with Crippen molar-refractivity contribution in [2.24, 2.45) is 11.8 Å². The first-order valence-electron chi connectivity index (χ1n) is 7.97. The van der Waals surface area contributed by atoms with E-state index in [2.05, 4.69) is 22.4 Å². The van der Waals surface area contributed by atoms with Gasteiger partial charge >= 0.3 is 0 Å². The summed E-state index contributed by atoms with van der Waals surface area (Å²) >= 11 is 0.